The molecule has 0 aromatic heterocycles. The summed E-state index contributed by atoms with van der Waals surface area (Å²) in [5.41, 5.74) is 4.96. The zero-order chi connectivity index (χ0) is 26.1. The number of rotatable bonds is 13. The molecule has 3 rings (SSSR count). The zero-order valence-corrected chi connectivity index (χ0v) is 23.4. The highest BCUT2D eigenvalue weighted by molar-refractivity contribution is 5.77. The molecule has 194 valence electrons. The summed E-state index contributed by atoms with van der Waals surface area (Å²) in [7, 11) is 0. The molecular formula is C33H45NO2. The van der Waals surface area contributed by atoms with Crippen molar-refractivity contribution < 1.29 is 9.47 Å². The second-order valence-electron chi connectivity index (χ2n) is 10.6. The average molecular weight is 488 g/mol. The molecule has 0 aliphatic carbocycles. The van der Waals surface area contributed by atoms with Gasteiger partial charge in [-0.15, -0.1) is 0 Å². The molecule has 0 fully saturated rings. The fraction of sp³-hybridized carbons (Fsp3) is 0.455. The van der Waals surface area contributed by atoms with Crippen LogP contribution in [0.3, 0.4) is 0 Å². The molecule has 0 bridgehead atoms. The third-order valence-electron chi connectivity index (χ3n) is 7.09. The van der Waals surface area contributed by atoms with E-state index >= 15 is 0 Å². The van der Waals surface area contributed by atoms with Crippen LogP contribution in [0.25, 0.3) is 0 Å². The summed E-state index contributed by atoms with van der Waals surface area (Å²) in [6, 6.07) is 26.0. The van der Waals surface area contributed by atoms with Gasteiger partial charge in [0.05, 0.1) is 12.7 Å². The molecule has 0 saturated heterocycles. The molecule has 0 aliphatic rings. The SMILES string of the molecule is CCCC(C)(CC)c1ccc(N(c2ccc(OCC(C)C)cc2)c2ccc(OC(C)CC)cc2)cc1. The Morgan fingerprint density at radius 2 is 1.22 bits per heavy atom. The number of nitrogens with zero attached hydrogens (tertiary/aromatic N) is 1. The predicted molar refractivity (Wildman–Crippen MR) is 154 cm³/mol. The van der Waals surface area contributed by atoms with E-state index in [1.54, 1.807) is 0 Å². The van der Waals surface area contributed by atoms with Gasteiger partial charge in [0.1, 0.15) is 11.5 Å². The van der Waals surface area contributed by atoms with Crippen molar-refractivity contribution in [3.05, 3.63) is 78.4 Å². The minimum Gasteiger partial charge on any atom is -0.493 e. The maximum atomic E-state index is 6.02. The van der Waals surface area contributed by atoms with Crippen LogP contribution < -0.4 is 14.4 Å². The van der Waals surface area contributed by atoms with E-state index in [1.807, 2.05) is 0 Å². The molecule has 0 saturated carbocycles. The highest BCUT2D eigenvalue weighted by Gasteiger charge is 2.24. The first-order chi connectivity index (χ1) is 17.3. The lowest BCUT2D eigenvalue weighted by atomic mass is 9.76. The first kappa shape index (κ1) is 27.6. The van der Waals surface area contributed by atoms with Crippen molar-refractivity contribution in [3.63, 3.8) is 0 Å². The normalized spacial score (nSPS) is 13.8. The summed E-state index contributed by atoms with van der Waals surface area (Å²) in [6.45, 7) is 16.2. The molecule has 3 heteroatoms. The van der Waals surface area contributed by atoms with Crippen LogP contribution in [0.15, 0.2) is 72.8 Å². The van der Waals surface area contributed by atoms with E-state index in [-0.39, 0.29) is 11.5 Å². The number of hydrogen-bond acceptors (Lipinski definition) is 3. The lowest BCUT2D eigenvalue weighted by molar-refractivity contribution is 0.217. The molecule has 0 aliphatic heterocycles. The van der Waals surface area contributed by atoms with Crippen molar-refractivity contribution in [2.45, 2.75) is 85.7 Å². The number of benzene rings is 3. The van der Waals surface area contributed by atoms with E-state index in [4.69, 9.17) is 9.47 Å². The Balaban J connectivity index is 1.96. The van der Waals surface area contributed by atoms with E-state index in [0.717, 1.165) is 48.0 Å². The van der Waals surface area contributed by atoms with Gasteiger partial charge in [0.15, 0.2) is 0 Å². The Kier molecular flexibility index (Phi) is 9.87. The first-order valence-electron chi connectivity index (χ1n) is 13.7. The van der Waals surface area contributed by atoms with Gasteiger partial charge in [0.25, 0.3) is 0 Å². The number of ether oxygens (including phenoxy) is 2. The molecule has 36 heavy (non-hydrogen) atoms. The highest BCUT2D eigenvalue weighted by atomic mass is 16.5. The minimum absolute atomic E-state index is 0.203. The van der Waals surface area contributed by atoms with Gasteiger partial charge in [-0.3, -0.25) is 0 Å². The Labute approximate surface area is 219 Å². The van der Waals surface area contributed by atoms with Crippen LogP contribution in [0.1, 0.15) is 79.7 Å². The quantitative estimate of drug-likeness (QED) is 0.239. The van der Waals surface area contributed by atoms with Crippen molar-refractivity contribution in [1.82, 2.24) is 0 Å². The van der Waals surface area contributed by atoms with Crippen molar-refractivity contribution >= 4 is 17.1 Å². The van der Waals surface area contributed by atoms with Crippen LogP contribution in [-0.4, -0.2) is 12.7 Å². The van der Waals surface area contributed by atoms with Crippen LogP contribution >= 0.6 is 0 Å². The van der Waals surface area contributed by atoms with Crippen LogP contribution in [0.2, 0.25) is 0 Å². The smallest absolute Gasteiger partial charge is 0.119 e. The molecule has 0 N–H and O–H groups in total. The molecule has 2 unspecified atom stereocenters. The summed E-state index contributed by atoms with van der Waals surface area (Å²) < 4.78 is 12.0. The van der Waals surface area contributed by atoms with Gasteiger partial charge in [-0.2, -0.15) is 0 Å². The van der Waals surface area contributed by atoms with Crippen molar-refractivity contribution in [2.75, 3.05) is 11.5 Å². The first-order valence-corrected chi connectivity index (χ1v) is 13.7. The van der Waals surface area contributed by atoms with E-state index in [1.165, 1.54) is 18.4 Å². The van der Waals surface area contributed by atoms with Crippen molar-refractivity contribution in [1.29, 1.82) is 0 Å². The molecule has 0 amide bonds. The Bertz CT molecular complexity index is 1040. The third-order valence-corrected chi connectivity index (χ3v) is 7.09. The maximum absolute atomic E-state index is 6.02. The minimum atomic E-state index is 0.203. The summed E-state index contributed by atoms with van der Waals surface area (Å²) >= 11 is 0. The molecule has 0 spiro atoms. The predicted octanol–water partition coefficient (Wildman–Crippen LogP) is 9.84. The standard InChI is InChI=1S/C33H45NO2/c1-8-23-33(7,10-3)27-11-13-28(14-12-27)34(29-15-19-31(20-16-29)35-24-25(4)5)30-17-21-32(22-18-30)36-26(6)9-2/h11-22,25-26H,8-10,23-24H2,1-7H3. The second-order valence-corrected chi connectivity index (χ2v) is 10.6. The molecule has 0 heterocycles. The van der Waals surface area contributed by atoms with Crippen LogP contribution in [0, 0.1) is 5.92 Å². The molecule has 3 aromatic carbocycles. The number of hydrogen-bond donors (Lipinski definition) is 0. The van der Waals surface area contributed by atoms with Gasteiger partial charge in [0.2, 0.25) is 0 Å². The third kappa shape index (κ3) is 7.06. The second kappa shape index (κ2) is 12.9. The van der Waals surface area contributed by atoms with Gasteiger partial charge in [-0.05, 0) is 104 Å². The topological polar surface area (TPSA) is 21.7 Å². The Morgan fingerprint density at radius 1 is 0.722 bits per heavy atom. The van der Waals surface area contributed by atoms with E-state index in [9.17, 15) is 0 Å². The van der Waals surface area contributed by atoms with Gasteiger partial charge in [-0.1, -0.05) is 60.1 Å². The van der Waals surface area contributed by atoms with Gasteiger partial charge >= 0.3 is 0 Å². The summed E-state index contributed by atoms with van der Waals surface area (Å²) in [5, 5.41) is 0. The van der Waals surface area contributed by atoms with Crippen molar-refractivity contribution in [3.8, 4) is 11.5 Å². The van der Waals surface area contributed by atoms with Gasteiger partial charge in [-0.25, -0.2) is 0 Å². The Hall–Kier alpha value is -2.94. The largest absolute Gasteiger partial charge is 0.493 e. The molecular weight excluding hydrogens is 442 g/mol. The van der Waals surface area contributed by atoms with E-state index < -0.39 is 0 Å². The van der Waals surface area contributed by atoms with E-state index in [0.29, 0.717) is 5.92 Å². The van der Waals surface area contributed by atoms with Crippen LogP contribution in [0.5, 0.6) is 11.5 Å². The number of anilines is 3. The average Bonchev–Trinajstić information content (AvgIpc) is 2.89. The van der Waals surface area contributed by atoms with Crippen LogP contribution in [-0.2, 0) is 5.41 Å². The monoisotopic (exact) mass is 487 g/mol. The summed E-state index contributed by atoms with van der Waals surface area (Å²) in [5.74, 6) is 2.30. The summed E-state index contributed by atoms with van der Waals surface area (Å²) in [6.07, 6.45) is 4.71. The molecule has 3 aromatic rings. The zero-order valence-electron chi connectivity index (χ0n) is 23.4. The Morgan fingerprint density at radius 3 is 1.67 bits per heavy atom. The maximum Gasteiger partial charge on any atom is 0.119 e. The molecule has 2 atom stereocenters. The molecule has 3 nitrogen and oxygen atoms in total. The van der Waals surface area contributed by atoms with Gasteiger partial charge < -0.3 is 14.4 Å². The van der Waals surface area contributed by atoms with Gasteiger partial charge in [0, 0.05) is 17.1 Å². The lowest BCUT2D eigenvalue weighted by Crippen LogP contribution is -2.20. The lowest BCUT2D eigenvalue weighted by Gasteiger charge is -2.30. The highest BCUT2D eigenvalue weighted by Crippen LogP contribution is 2.39. The fourth-order valence-corrected chi connectivity index (χ4v) is 4.48. The molecule has 0 radical (unpaired) electrons. The van der Waals surface area contributed by atoms with E-state index in [2.05, 4.69) is 126 Å². The summed E-state index contributed by atoms with van der Waals surface area (Å²) in [4.78, 5) is 2.30. The van der Waals surface area contributed by atoms with Crippen LogP contribution in [0.4, 0.5) is 17.1 Å². The van der Waals surface area contributed by atoms with Crippen molar-refractivity contribution in [2.24, 2.45) is 5.92 Å². The fourth-order valence-electron chi connectivity index (χ4n) is 4.48.